The Kier molecular flexibility index (Phi) is 5.09. The van der Waals surface area contributed by atoms with Crippen LogP contribution in [-0.2, 0) is 16.1 Å². The number of hydrogen-bond acceptors (Lipinski definition) is 2. The highest BCUT2D eigenvalue weighted by Gasteiger charge is 2.35. The molecule has 1 atom stereocenters. The van der Waals surface area contributed by atoms with E-state index >= 15 is 0 Å². The van der Waals surface area contributed by atoms with Crippen LogP contribution in [0.2, 0.25) is 5.02 Å². The zero-order valence-corrected chi connectivity index (χ0v) is 15.1. The third-order valence-electron chi connectivity index (χ3n) is 4.72. The summed E-state index contributed by atoms with van der Waals surface area (Å²) in [5, 5.41) is 3.55. The van der Waals surface area contributed by atoms with Crippen molar-refractivity contribution in [2.45, 2.75) is 26.8 Å². The van der Waals surface area contributed by atoms with E-state index in [9.17, 15) is 9.59 Å². The van der Waals surface area contributed by atoms with Crippen molar-refractivity contribution in [1.82, 2.24) is 5.32 Å². The van der Waals surface area contributed by atoms with E-state index in [1.807, 2.05) is 50.2 Å². The smallest absolute Gasteiger partial charge is 0.227 e. The number of benzene rings is 2. The molecule has 130 valence electrons. The van der Waals surface area contributed by atoms with Crippen LogP contribution in [-0.4, -0.2) is 18.4 Å². The van der Waals surface area contributed by atoms with Crippen LogP contribution in [0.4, 0.5) is 5.69 Å². The number of halogens is 1. The molecule has 1 aliphatic rings. The number of amides is 2. The summed E-state index contributed by atoms with van der Waals surface area (Å²) < 4.78 is 0. The third-order valence-corrected chi connectivity index (χ3v) is 4.95. The molecule has 25 heavy (non-hydrogen) atoms. The number of carbonyl (C=O) groups excluding carboxylic acids is 2. The van der Waals surface area contributed by atoms with Gasteiger partial charge in [-0.25, -0.2) is 0 Å². The molecule has 4 nitrogen and oxygen atoms in total. The summed E-state index contributed by atoms with van der Waals surface area (Å²) in [6.45, 7) is 4.86. The molecule has 1 saturated heterocycles. The molecule has 1 fully saturated rings. The Bertz CT molecular complexity index is 819. The quantitative estimate of drug-likeness (QED) is 0.909. The van der Waals surface area contributed by atoms with Gasteiger partial charge in [-0.05, 0) is 48.7 Å². The lowest BCUT2D eigenvalue weighted by Gasteiger charge is -2.20. The molecule has 0 radical (unpaired) electrons. The largest absolute Gasteiger partial charge is 0.352 e. The molecule has 3 rings (SSSR count). The summed E-state index contributed by atoms with van der Waals surface area (Å²) in [6.07, 6.45) is 0.245. The van der Waals surface area contributed by atoms with Crippen LogP contribution in [0.3, 0.4) is 0 Å². The SMILES string of the molecule is Cc1cccc(N2C[C@H](C(=O)NCc3cccc(Cl)c3)CC2=O)c1C. The van der Waals surface area contributed by atoms with E-state index in [2.05, 4.69) is 5.32 Å². The van der Waals surface area contributed by atoms with Crippen molar-refractivity contribution in [1.29, 1.82) is 0 Å². The normalized spacial score (nSPS) is 17.0. The summed E-state index contributed by atoms with van der Waals surface area (Å²) in [4.78, 5) is 26.6. The average Bonchev–Trinajstić information content (AvgIpc) is 2.97. The van der Waals surface area contributed by atoms with Crippen molar-refractivity contribution in [2.75, 3.05) is 11.4 Å². The maximum Gasteiger partial charge on any atom is 0.227 e. The minimum Gasteiger partial charge on any atom is -0.352 e. The van der Waals surface area contributed by atoms with Gasteiger partial charge in [0.05, 0.1) is 5.92 Å². The van der Waals surface area contributed by atoms with Gasteiger partial charge in [-0.15, -0.1) is 0 Å². The highest BCUT2D eigenvalue weighted by Crippen LogP contribution is 2.29. The first-order valence-electron chi connectivity index (χ1n) is 8.34. The van der Waals surface area contributed by atoms with E-state index in [-0.39, 0.29) is 24.2 Å². The first-order chi connectivity index (χ1) is 12.0. The van der Waals surface area contributed by atoms with Crippen molar-refractivity contribution in [3.05, 3.63) is 64.2 Å². The van der Waals surface area contributed by atoms with Gasteiger partial charge in [0.25, 0.3) is 0 Å². The first kappa shape index (κ1) is 17.5. The van der Waals surface area contributed by atoms with Crippen LogP contribution < -0.4 is 10.2 Å². The lowest BCUT2D eigenvalue weighted by atomic mass is 10.1. The summed E-state index contributed by atoms with van der Waals surface area (Å²) in [5.41, 5.74) is 4.06. The van der Waals surface area contributed by atoms with Gasteiger partial charge in [0, 0.05) is 30.2 Å². The predicted octanol–water partition coefficient (Wildman–Crippen LogP) is 3.63. The zero-order chi connectivity index (χ0) is 18.0. The van der Waals surface area contributed by atoms with Gasteiger partial charge in [-0.2, -0.15) is 0 Å². The van der Waals surface area contributed by atoms with E-state index in [0.29, 0.717) is 18.1 Å². The number of rotatable bonds is 4. The standard InChI is InChI=1S/C20H21ClN2O2/c1-13-5-3-8-18(14(13)2)23-12-16(10-19(23)24)20(25)22-11-15-6-4-7-17(21)9-15/h3-9,16H,10-12H2,1-2H3,(H,22,25)/t16-/m1/s1. The topological polar surface area (TPSA) is 49.4 Å². The maximum absolute atomic E-state index is 12.5. The molecule has 2 amide bonds. The van der Waals surface area contributed by atoms with E-state index in [4.69, 9.17) is 11.6 Å². The van der Waals surface area contributed by atoms with Gasteiger partial charge in [-0.1, -0.05) is 35.9 Å². The van der Waals surface area contributed by atoms with Gasteiger partial charge in [0.15, 0.2) is 0 Å². The molecular weight excluding hydrogens is 336 g/mol. The van der Waals surface area contributed by atoms with Crippen LogP contribution in [0.1, 0.15) is 23.1 Å². The molecule has 1 heterocycles. The number of carbonyl (C=O) groups is 2. The molecular formula is C20H21ClN2O2. The highest BCUT2D eigenvalue weighted by molar-refractivity contribution is 6.30. The van der Waals surface area contributed by atoms with Crippen LogP contribution in [0.5, 0.6) is 0 Å². The van der Waals surface area contributed by atoms with Gasteiger partial charge in [0.2, 0.25) is 11.8 Å². The molecule has 2 aromatic carbocycles. The van der Waals surface area contributed by atoms with Gasteiger partial charge < -0.3 is 10.2 Å². The lowest BCUT2D eigenvalue weighted by molar-refractivity contribution is -0.126. The van der Waals surface area contributed by atoms with Crippen LogP contribution in [0, 0.1) is 19.8 Å². The summed E-state index contributed by atoms with van der Waals surface area (Å²) >= 11 is 5.96. The number of aryl methyl sites for hydroxylation is 1. The number of hydrogen-bond donors (Lipinski definition) is 1. The fourth-order valence-electron chi connectivity index (χ4n) is 3.12. The second-order valence-electron chi connectivity index (χ2n) is 6.47. The zero-order valence-electron chi connectivity index (χ0n) is 14.4. The Labute approximate surface area is 152 Å². The molecule has 0 aromatic heterocycles. The number of anilines is 1. The first-order valence-corrected chi connectivity index (χ1v) is 8.72. The Morgan fingerprint density at radius 2 is 2.00 bits per heavy atom. The van der Waals surface area contributed by atoms with Gasteiger partial charge in [-0.3, -0.25) is 9.59 Å². The van der Waals surface area contributed by atoms with Crippen molar-refractivity contribution in [3.8, 4) is 0 Å². The second-order valence-corrected chi connectivity index (χ2v) is 6.91. The molecule has 2 aromatic rings. The summed E-state index contributed by atoms with van der Waals surface area (Å²) in [5.74, 6) is -0.427. The van der Waals surface area contributed by atoms with Crippen LogP contribution in [0.15, 0.2) is 42.5 Å². The fraction of sp³-hybridized carbons (Fsp3) is 0.300. The molecule has 1 N–H and O–H groups in total. The fourth-order valence-corrected chi connectivity index (χ4v) is 3.34. The van der Waals surface area contributed by atoms with Crippen molar-refractivity contribution in [3.63, 3.8) is 0 Å². The minimum atomic E-state index is -0.327. The summed E-state index contributed by atoms with van der Waals surface area (Å²) in [6, 6.07) is 13.3. The number of nitrogens with zero attached hydrogens (tertiary/aromatic N) is 1. The predicted molar refractivity (Wildman–Crippen MR) is 99.7 cm³/mol. The Morgan fingerprint density at radius 3 is 2.76 bits per heavy atom. The summed E-state index contributed by atoms with van der Waals surface area (Å²) in [7, 11) is 0. The highest BCUT2D eigenvalue weighted by atomic mass is 35.5. The average molecular weight is 357 g/mol. The third kappa shape index (κ3) is 3.85. The minimum absolute atomic E-state index is 0.00314. The van der Waals surface area contributed by atoms with E-state index in [1.165, 1.54) is 0 Å². The second kappa shape index (κ2) is 7.28. The van der Waals surface area contributed by atoms with Crippen molar-refractivity contribution >= 4 is 29.1 Å². The van der Waals surface area contributed by atoms with Crippen molar-refractivity contribution < 1.29 is 9.59 Å². The van der Waals surface area contributed by atoms with E-state index in [1.54, 1.807) is 11.0 Å². The van der Waals surface area contributed by atoms with Gasteiger partial charge in [0.1, 0.15) is 0 Å². The number of nitrogens with one attached hydrogen (secondary N) is 1. The van der Waals surface area contributed by atoms with Crippen LogP contribution in [0.25, 0.3) is 0 Å². The van der Waals surface area contributed by atoms with E-state index < -0.39 is 0 Å². The molecule has 0 bridgehead atoms. The molecule has 5 heteroatoms. The van der Waals surface area contributed by atoms with E-state index in [0.717, 1.165) is 22.4 Å². The lowest BCUT2D eigenvalue weighted by Crippen LogP contribution is -2.32. The molecule has 0 spiro atoms. The molecule has 0 unspecified atom stereocenters. The molecule has 0 aliphatic carbocycles. The monoisotopic (exact) mass is 356 g/mol. The Morgan fingerprint density at radius 1 is 1.24 bits per heavy atom. The Balaban J connectivity index is 1.65. The molecule has 1 aliphatic heterocycles. The molecule has 0 saturated carbocycles. The van der Waals surface area contributed by atoms with Crippen molar-refractivity contribution in [2.24, 2.45) is 5.92 Å². The Hall–Kier alpha value is -2.33. The van der Waals surface area contributed by atoms with Crippen LogP contribution >= 0.6 is 11.6 Å². The maximum atomic E-state index is 12.5. The van der Waals surface area contributed by atoms with Gasteiger partial charge >= 0.3 is 0 Å².